The predicted octanol–water partition coefficient (Wildman–Crippen LogP) is 3.81. The van der Waals surface area contributed by atoms with Gasteiger partial charge < -0.3 is 15.5 Å². The summed E-state index contributed by atoms with van der Waals surface area (Å²) in [6.45, 7) is 4.16. The zero-order chi connectivity index (χ0) is 19.8. The van der Waals surface area contributed by atoms with Crippen LogP contribution in [0.1, 0.15) is 43.0 Å². The van der Waals surface area contributed by atoms with Gasteiger partial charge in [0.05, 0.1) is 17.7 Å². The number of benzene rings is 2. The molecule has 0 bridgehead atoms. The minimum atomic E-state index is -0.185. The van der Waals surface area contributed by atoms with Crippen LogP contribution in [0, 0.1) is 11.3 Å². The fourth-order valence-electron chi connectivity index (χ4n) is 2.51. The number of nitrogens with one attached hydrogen (secondary N) is 2. The molecule has 0 saturated heterocycles. The van der Waals surface area contributed by atoms with Gasteiger partial charge in [0.1, 0.15) is 0 Å². The van der Waals surface area contributed by atoms with Crippen LogP contribution in [-0.4, -0.2) is 23.9 Å². The minimum Gasteiger partial charge on any atom is -0.331 e. The molecule has 0 spiro atoms. The number of urea groups is 1. The third kappa shape index (κ3) is 5.86. The summed E-state index contributed by atoms with van der Waals surface area (Å²) in [5, 5.41) is 14.6. The topological polar surface area (TPSA) is 85.2 Å². The molecule has 2 aromatic rings. The molecule has 140 valence electrons. The van der Waals surface area contributed by atoms with Crippen molar-refractivity contribution in [3.8, 4) is 6.07 Å². The highest BCUT2D eigenvalue weighted by molar-refractivity contribution is 5.90. The summed E-state index contributed by atoms with van der Waals surface area (Å²) < 4.78 is 0. The third-order valence-corrected chi connectivity index (χ3v) is 4.21. The molecular formula is C21H24N4O2. The standard InChI is InChI=1S/C21H24N4O2/c1-4-20(26)24-19-11-9-18(10-12-19)15(2)23-21(27)25(3)14-17-7-5-16(13-22)6-8-17/h5-12,15H,4,14H2,1-3H3,(H,23,27)(H,24,26). The van der Waals surface area contributed by atoms with Gasteiger partial charge in [0, 0.05) is 25.7 Å². The monoisotopic (exact) mass is 364 g/mol. The first-order valence-electron chi connectivity index (χ1n) is 8.83. The molecule has 2 N–H and O–H groups in total. The first kappa shape index (κ1) is 20.0. The van der Waals surface area contributed by atoms with Crippen molar-refractivity contribution in [3.63, 3.8) is 0 Å². The van der Waals surface area contributed by atoms with Gasteiger partial charge in [-0.15, -0.1) is 0 Å². The quantitative estimate of drug-likeness (QED) is 0.817. The number of amides is 3. The maximum atomic E-state index is 12.4. The van der Waals surface area contributed by atoms with Gasteiger partial charge in [-0.25, -0.2) is 4.79 Å². The Morgan fingerprint density at radius 3 is 2.30 bits per heavy atom. The summed E-state index contributed by atoms with van der Waals surface area (Å²) in [4.78, 5) is 25.4. The third-order valence-electron chi connectivity index (χ3n) is 4.21. The van der Waals surface area contributed by atoms with Crippen LogP contribution < -0.4 is 10.6 Å². The van der Waals surface area contributed by atoms with Crippen molar-refractivity contribution in [3.05, 3.63) is 65.2 Å². The average molecular weight is 364 g/mol. The second-order valence-corrected chi connectivity index (χ2v) is 6.36. The predicted molar refractivity (Wildman–Crippen MR) is 105 cm³/mol. The van der Waals surface area contributed by atoms with Crippen molar-refractivity contribution >= 4 is 17.6 Å². The molecule has 2 rings (SSSR count). The molecule has 0 aliphatic rings. The van der Waals surface area contributed by atoms with Gasteiger partial charge in [-0.05, 0) is 42.3 Å². The van der Waals surface area contributed by atoms with Gasteiger partial charge >= 0.3 is 6.03 Å². The first-order chi connectivity index (χ1) is 12.9. The zero-order valence-corrected chi connectivity index (χ0v) is 15.8. The zero-order valence-electron chi connectivity index (χ0n) is 15.8. The summed E-state index contributed by atoms with van der Waals surface area (Å²) in [6, 6.07) is 16.3. The van der Waals surface area contributed by atoms with Crippen LogP contribution in [0.5, 0.6) is 0 Å². The molecule has 0 saturated carbocycles. The molecule has 0 aromatic heterocycles. The summed E-state index contributed by atoms with van der Waals surface area (Å²) >= 11 is 0. The van der Waals surface area contributed by atoms with Crippen molar-refractivity contribution in [2.75, 3.05) is 12.4 Å². The Kier molecular flexibility index (Phi) is 6.95. The molecule has 6 nitrogen and oxygen atoms in total. The fourth-order valence-corrected chi connectivity index (χ4v) is 2.51. The van der Waals surface area contributed by atoms with Gasteiger partial charge in [0.2, 0.25) is 5.91 Å². The lowest BCUT2D eigenvalue weighted by Crippen LogP contribution is -2.38. The number of carbonyl (C=O) groups is 2. The van der Waals surface area contributed by atoms with E-state index in [9.17, 15) is 9.59 Å². The van der Waals surface area contributed by atoms with Crippen LogP contribution in [0.15, 0.2) is 48.5 Å². The normalized spacial score (nSPS) is 11.2. The Hall–Kier alpha value is -3.33. The van der Waals surface area contributed by atoms with E-state index < -0.39 is 0 Å². The van der Waals surface area contributed by atoms with E-state index in [0.717, 1.165) is 16.8 Å². The average Bonchev–Trinajstić information content (AvgIpc) is 2.68. The molecular weight excluding hydrogens is 340 g/mol. The minimum absolute atomic E-state index is 0.0338. The van der Waals surface area contributed by atoms with Crippen LogP contribution in [0.25, 0.3) is 0 Å². The molecule has 0 heterocycles. The smallest absolute Gasteiger partial charge is 0.317 e. The van der Waals surface area contributed by atoms with Crippen molar-refractivity contribution in [1.82, 2.24) is 10.2 Å². The van der Waals surface area contributed by atoms with E-state index in [4.69, 9.17) is 5.26 Å². The van der Waals surface area contributed by atoms with E-state index in [1.165, 1.54) is 0 Å². The Bertz CT molecular complexity index is 823. The first-order valence-corrected chi connectivity index (χ1v) is 8.83. The highest BCUT2D eigenvalue weighted by atomic mass is 16.2. The van der Waals surface area contributed by atoms with E-state index in [0.29, 0.717) is 18.5 Å². The van der Waals surface area contributed by atoms with E-state index in [2.05, 4.69) is 16.7 Å². The number of anilines is 1. The second kappa shape index (κ2) is 9.39. The highest BCUT2D eigenvalue weighted by Gasteiger charge is 2.14. The van der Waals surface area contributed by atoms with Crippen LogP contribution in [0.2, 0.25) is 0 Å². The van der Waals surface area contributed by atoms with Crippen molar-refractivity contribution in [1.29, 1.82) is 5.26 Å². The van der Waals surface area contributed by atoms with Gasteiger partial charge in [0.15, 0.2) is 0 Å². The van der Waals surface area contributed by atoms with Crippen molar-refractivity contribution < 1.29 is 9.59 Å². The molecule has 0 aliphatic carbocycles. The largest absolute Gasteiger partial charge is 0.331 e. The SMILES string of the molecule is CCC(=O)Nc1ccc(C(C)NC(=O)N(C)Cc2ccc(C#N)cc2)cc1. The summed E-state index contributed by atoms with van der Waals surface area (Å²) in [5.74, 6) is -0.0338. The van der Waals surface area contributed by atoms with Crippen LogP contribution in [-0.2, 0) is 11.3 Å². The molecule has 0 aliphatic heterocycles. The number of rotatable bonds is 6. The van der Waals surface area contributed by atoms with Crippen LogP contribution in [0.3, 0.4) is 0 Å². The fraction of sp³-hybridized carbons (Fsp3) is 0.286. The van der Waals surface area contributed by atoms with E-state index in [-0.39, 0.29) is 18.0 Å². The Morgan fingerprint density at radius 2 is 1.74 bits per heavy atom. The highest BCUT2D eigenvalue weighted by Crippen LogP contribution is 2.17. The Labute approximate surface area is 159 Å². The molecule has 3 amide bonds. The van der Waals surface area contributed by atoms with Crippen molar-refractivity contribution in [2.45, 2.75) is 32.9 Å². The van der Waals surface area contributed by atoms with E-state index >= 15 is 0 Å². The number of hydrogen-bond donors (Lipinski definition) is 2. The second-order valence-electron chi connectivity index (χ2n) is 6.36. The molecule has 2 aromatic carbocycles. The molecule has 27 heavy (non-hydrogen) atoms. The van der Waals surface area contributed by atoms with Crippen LogP contribution >= 0.6 is 0 Å². The lowest BCUT2D eigenvalue weighted by atomic mass is 10.1. The van der Waals surface area contributed by atoms with Gasteiger partial charge in [-0.2, -0.15) is 5.26 Å². The summed E-state index contributed by atoms with van der Waals surface area (Å²) in [7, 11) is 1.73. The van der Waals surface area contributed by atoms with E-state index in [1.807, 2.05) is 43.3 Å². The summed E-state index contributed by atoms with van der Waals surface area (Å²) in [5.41, 5.74) is 3.24. The van der Waals surface area contributed by atoms with Crippen molar-refractivity contribution in [2.24, 2.45) is 0 Å². The maximum absolute atomic E-state index is 12.4. The molecule has 1 unspecified atom stereocenters. The molecule has 1 atom stereocenters. The Balaban J connectivity index is 1.91. The summed E-state index contributed by atoms with van der Waals surface area (Å²) in [6.07, 6.45) is 0.430. The number of carbonyl (C=O) groups excluding carboxylic acids is 2. The lowest BCUT2D eigenvalue weighted by molar-refractivity contribution is -0.115. The molecule has 0 radical (unpaired) electrons. The van der Waals surface area contributed by atoms with E-state index in [1.54, 1.807) is 31.0 Å². The van der Waals surface area contributed by atoms with Gasteiger partial charge in [-0.1, -0.05) is 31.2 Å². The number of hydrogen-bond acceptors (Lipinski definition) is 3. The number of nitrogens with zero attached hydrogens (tertiary/aromatic N) is 2. The number of nitriles is 1. The van der Waals surface area contributed by atoms with Crippen LogP contribution in [0.4, 0.5) is 10.5 Å². The maximum Gasteiger partial charge on any atom is 0.317 e. The lowest BCUT2D eigenvalue weighted by Gasteiger charge is -2.22. The van der Waals surface area contributed by atoms with Gasteiger partial charge in [-0.3, -0.25) is 4.79 Å². The molecule has 6 heteroatoms. The Morgan fingerprint density at radius 1 is 1.11 bits per heavy atom. The molecule has 0 fully saturated rings. The van der Waals surface area contributed by atoms with Gasteiger partial charge in [0.25, 0.3) is 0 Å².